The summed E-state index contributed by atoms with van der Waals surface area (Å²) in [5, 5.41) is 5.97. The van der Waals surface area contributed by atoms with E-state index in [2.05, 4.69) is 10.6 Å². The summed E-state index contributed by atoms with van der Waals surface area (Å²) in [6.07, 6.45) is 0.328. The summed E-state index contributed by atoms with van der Waals surface area (Å²) < 4.78 is 6.56. The molecule has 0 saturated heterocycles. The topological polar surface area (TPSA) is 72.4 Å². The molecule has 1 aromatic heterocycles. The van der Waals surface area contributed by atoms with Gasteiger partial charge in [-0.25, -0.2) is 0 Å². The van der Waals surface area contributed by atoms with Crippen molar-refractivity contribution in [2.45, 2.75) is 26.8 Å². The Labute approximate surface area is 123 Å². The minimum Gasteiger partial charge on any atom is -0.383 e. The highest BCUT2D eigenvalue weighted by molar-refractivity contribution is 7.09. The number of amides is 1. The second-order valence-electron chi connectivity index (χ2n) is 4.50. The molecule has 0 fully saturated rings. The molecule has 0 unspecified atom stereocenters. The maximum atomic E-state index is 11.7. The van der Waals surface area contributed by atoms with Gasteiger partial charge in [-0.3, -0.25) is 9.59 Å². The summed E-state index contributed by atoms with van der Waals surface area (Å²) in [6.45, 7) is 7.00. The van der Waals surface area contributed by atoms with Crippen LogP contribution in [0.5, 0.6) is 0 Å². The van der Waals surface area contributed by atoms with Crippen molar-refractivity contribution in [2.24, 2.45) is 0 Å². The summed E-state index contributed by atoms with van der Waals surface area (Å²) in [7, 11) is 1.65. The third-order valence-electron chi connectivity index (χ3n) is 3.04. The smallest absolute Gasteiger partial charge is 0.307 e. The van der Waals surface area contributed by atoms with Crippen LogP contribution in [0.25, 0.3) is 0 Å². The lowest BCUT2D eigenvalue weighted by molar-refractivity contribution is -0.121. The Hall–Kier alpha value is -1.18. The largest absolute Gasteiger partial charge is 0.383 e. The lowest BCUT2D eigenvalue weighted by atomic mass is 10.3. The molecule has 0 aliphatic carbocycles. The number of carbonyl (C=O) groups is 1. The van der Waals surface area contributed by atoms with Gasteiger partial charge >= 0.3 is 4.87 Å². The van der Waals surface area contributed by atoms with E-state index < -0.39 is 0 Å². The molecular formula is C13H23N3O3S. The molecule has 1 amide bonds. The summed E-state index contributed by atoms with van der Waals surface area (Å²) in [4.78, 5) is 24.3. The van der Waals surface area contributed by atoms with E-state index in [1.807, 2.05) is 13.8 Å². The van der Waals surface area contributed by atoms with Crippen LogP contribution < -0.4 is 15.5 Å². The molecule has 0 saturated carbocycles. The lowest BCUT2D eigenvalue weighted by Gasteiger charge is -2.07. The normalized spacial score (nSPS) is 10.8. The molecule has 0 bridgehead atoms. The van der Waals surface area contributed by atoms with Crippen molar-refractivity contribution in [1.29, 1.82) is 0 Å². The van der Waals surface area contributed by atoms with Crippen molar-refractivity contribution in [1.82, 2.24) is 15.2 Å². The number of methoxy groups -OCH3 is 1. The first-order valence-electron chi connectivity index (χ1n) is 6.69. The van der Waals surface area contributed by atoms with Gasteiger partial charge in [0.15, 0.2) is 0 Å². The monoisotopic (exact) mass is 301 g/mol. The third kappa shape index (κ3) is 5.44. The van der Waals surface area contributed by atoms with Gasteiger partial charge in [-0.2, -0.15) is 0 Å². The molecular weight excluding hydrogens is 278 g/mol. The van der Waals surface area contributed by atoms with E-state index in [-0.39, 0.29) is 10.8 Å². The minimum atomic E-state index is -0.0336. The molecule has 2 N–H and O–H groups in total. The quantitative estimate of drug-likeness (QED) is 0.642. The van der Waals surface area contributed by atoms with E-state index in [9.17, 15) is 9.59 Å². The maximum Gasteiger partial charge on any atom is 0.307 e. The van der Waals surface area contributed by atoms with Gasteiger partial charge in [0.25, 0.3) is 0 Å². The maximum absolute atomic E-state index is 11.7. The number of hydrogen-bond donors (Lipinski definition) is 2. The van der Waals surface area contributed by atoms with Gasteiger partial charge in [-0.1, -0.05) is 11.3 Å². The number of rotatable bonds is 9. The Bertz CT molecular complexity index is 482. The zero-order valence-corrected chi connectivity index (χ0v) is 13.1. The van der Waals surface area contributed by atoms with Crippen molar-refractivity contribution >= 4 is 17.2 Å². The standard InChI is InChI=1S/C13H23N3O3S/c1-10-11(2)20-13(18)16(10)8-4-12(17)15-6-5-14-7-9-19-3/h14H,4-9H2,1-3H3,(H,15,17). The van der Waals surface area contributed by atoms with Crippen molar-refractivity contribution in [3.63, 3.8) is 0 Å². The van der Waals surface area contributed by atoms with Gasteiger partial charge in [0, 0.05) is 50.3 Å². The Morgan fingerprint density at radius 1 is 1.30 bits per heavy atom. The number of aromatic nitrogens is 1. The van der Waals surface area contributed by atoms with Crippen molar-refractivity contribution in [3.8, 4) is 0 Å². The van der Waals surface area contributed by atoms with Crippen LogP contribution in [0.1, 0.15) is 17.0 Å². The number of nitrogens with zero attached hydrogens (tertiary/aromatic N) is 1. The SMILES string of the molecule is COCCNCCNC(=O)CCn1c(C)c(C)sc1=O. The fourth-order valence-corrected chi connectivity index (χ4v) is 2.60. The number of hydrogen-bond acceptors (Lipinski definition) is 5. The average Bonchev–Trinajstić information content (AvgIpc) is 2.65. The van der Waals surface area contributed by atoms with Crippen molar-refractivity contribution < 1.29 is 9.53 Å². The second-order valence-corrected chi connectivity index (χ2v) is 5.67. The van der Waals surface area contributed by atoms with Crippen LogP contribution >= 0.6 is 11.3 Å². The number of ether oxygens (including phenoxy) is 1. The van der Waals surface area contributed by atoms with E-state index in [0.29, 0.717) is 32.7 Å². The zero-order valence-electron chi connectivity index (χ0n) is 12.3. The molecule has 1 rings (SSSR count). The fraction of sp³-hybridized carbons (Fsp3) is 0.692. The fourth-order valence-electron chi connectivity index (χ4n) is 1.74. The summed E-state index contributed by atoms with van der Waals surface area (Å²) in [6, 6.07) is 0. The van der Waals surface area contributed by atoms with E-state index >= 15 is 0 Å². The average molecular weight is 301 g/mol. The van der Waals surface area contributed by atoms with Gasteiger partial charge in [-0.05, 0) is 13.8 Å². The predicted molar refractivity (Wildman–Crippen MR) is 80.4 cm³/mol. The highest BCUT2D eigenvalue weighted by Crippen LogP contribution is 2.09. The van der Waals surface area contributed by atoms with Gasteiger partial charge in [-0.15, -0.1) is 0 Å². The first-order valence-corrected chi connectivity index (χ1v) is 7.51. The zero-order chi connectivity index (χ0) is 15.0. The second kappa shape index (κ2) is 8.89. The molecule has 114 valence electrons. The Balaban J connectivity index is 2.21. The van der Waals surface area contributed by atoms with E-state index in [4.69, 9.17) is 4.74 Å². The highest BCUT2D eigenvalue weighted by atomic mass is 32.1. The van der Waals surface area contributed by atoms with Crippen LogP contribution in [0.2, 0.25) is 0 Å². The van der Waals surface area contributed by atoms with Crippen molar-refractivity contribution in [3.05, 3.63) is 20.2 Å². The van der Waals surface area contributed by atoms with Crippen molar-refractivity contribution in [2.75, 3.05) is 33.4 Å². The third-order valence-corrected chi connectivity index (χ3v) is 4.04. The first-order chi connectivity index (χ1) is 9.56. The lowest BCUT2D eigenvalue weighted by Crippen LogP contribution is -2.33. The van der Waals surface area contributed by atoms with Gasteiger partial charge in [0.05, 0.1) is 6.61 Å². The number of aryl methyl sites for hydroxylation is 1. The summed E-state index contributed by atoms with van der Waals surface area (Å²) in [5.41, 5.74) is 0.953. The molecule has 20 heavy (non-hydrogen) atoms. The summed E-state index contributed by atoms with van der Waals surface area (Å²) in [5.74, 6) is -0.0336. The number of thiazole rings is 1. The Morgan fingerprint density at radius 2 is 2.05 bits per heavy atom. The molecule has 1 aromatic rings. The highest BCUT2D eigenvalue weighted by Gasteiger charge is 2.09. The minimum absolute atomic E-state index is 0.00836. The Kier molecular flexibility index (Phi) is 7.50. The van der Waals surface area contributed by atoms with E-state index in [1.165, 1.54) is 11.3 Å². The summed E-state index contributed by atoms with van der Waals surface area (Å²) >= 11 is 1.23. The molecule has 0 radical (unpaired) electrons. The van der Waals surface area contributed by atoms with E-state index in [0.717, 1.165) is 17.1 Å². The predicted octanol–water partition coefficient (Wildman–Crippen LogP) is 0.269. The van der Waals surface area contributed by atoms with Gasteiger partial charge < -0.3 is 19.9 Å². The molecule has 1 heterocycles. The molecule has 0 spiro atoms. The van der Waals surface area contributed by atoms with E-state index in [1.54, 1.807) is 11.7 Å². The van der Waals surface area contributed by atoms with Gasteiger partial charge in [0.2, 0.25) is 5.91 Å². The molecule has 0 atom stereocenters. The van der Waals surface area contributed by atoms with Gasteiger partial charge in [0.1, 0.15) is 0 Å². The molecule has 0 aliphatic heterocycles. The van der Waals surface area contributed by atoms with Crippen LogP contribution in [0.4, 0.5) is 0 Å². The van der Waals surface area contributed by atoms with Crippen LogP contribution in [0.3, 0.4) is 0 Å². The number of carbonyl (C=O) groups excluding carboxylic acids is 1. The number of nitrogens with one attached hydrogen (secondary N) is 2. The molecule has 0 aromatic carbocycles. The molecule has 0 aliphatic rings. The molecule has 6 nitrogen and oxygen atoms in total. The van der Waals surface area contributed by atoms with Crippen LogP contribution in [-0.2, 0) is 16.1 Å². The molecule has 7 heteroatoms. The van der Waals surface area contributed by atoms with Crippen LogP contribution in [0.15, 0.2) is 4.79 Å². The Morgan fingerprint density at radius 3 is 2.65 bits per heavy atom. The first kappa shape index (κ1) is 16.9. The van der Waals surface area contributed by atoms with Crippen LogP contribution in [0, 0.1) is 13.8 Å². The van der Waals surface area contributed by atoms with Crippen LogP contribution in [-0.4, -0.2) is 43.8 Å².